The Bertz CT molecular complexity index is 1020. The number of carbonyl (C=O) groups excluding carboxylic acids is 2. The van der Waals surface area contributed by atoms with Crippen molar-refractivity contribution in [3.8, 4) is 0 Å². The second-order valence-corrected chi connectivity index (χ2v) is 7.00. The Kier molecular flexibility index (Phi) is 6.04. The molecule has 3 rings (SSSR count). The maximum absolute atomic E-state index is 14.6. The van der Waals surface area contributed by atoms with Gasteiger partial charge in [0.2, 0.25) is 5.91 Å². The summed E-state index contributed by atoms with van der Waals surface area (Å²) in [5, 5.41) is 5.39. The smallest absolute Gasteiger partial charge is 0.343 e. The molecule has 0 saturated carbocycles. The summed E-state index contributed by atoms with van der Waals surface area (Å²) in [7, 11) is 0. The molecule has 0 bridgehead atoms. The van der Waals surface area contributed by atoms with E-state index in [-0.39, 0.29) is 17.7 Å². The van der Waals surface area contributed by atoms with Crippen LogP contribution in [0.1, 0.15) is 22.9 Å². The molecule has 1 saturated heterocycles. The van der Waals surface area contributed by atoms with Crippen LogP contribution in [0.25, 0.3) is 0 Å². The zero-order valence-corrected chi connectivity index (χ0v) is 16.1. The highest BCUT2D eigenvalue weighted by atomic mass is 35.5. The molecule has 6 nitrogen and oxygen atoms in total. The molecule has 0 spiro atoms. The molecule has 1 fully saturated rings. The fourth-order valence-corrected chi connectivity index (χ4v) is 3.23. The number of benzene rings is 1. The van der Waals surface area contributed by atoms with E-state index in [1.807, 2.05) is 0 Å². The molecule has 13 heteroatoms. The number of hydrogen-bond acceptors (Lipinski definition) is 3. The van der Waals surface area contributed by atoms with Crippen LogP contribution in [-0.4, -0.2) is 29.5 Å². The number of pyridine rings is 1. The number of nitrogens with one attached hydrogen (secondary N) is 3. The first-order valence-corrected chi connectivity index (χ1v) is 8.95. The molecule has 1 unspecified atom stereocenters. The van der Waals surface area contributed by atoms with Gasteiger partial charge in [-0.1, -0.05) is 29.3 Å². The Morgan fingerprint density at radius 3 is 2.53 bits per heavy atom. The Labute approximate surface area is 175 Å². The third kappa shape index (κ3) is 4.41. The molecule has 1 aromatic carbocycles. The lowest BCUT2D eigenvalue weighted by molar-refractivity contribution is -0.141. The van der Waals surface area contributed by atoms with Crippen LogP contribution in [0.3, 0.4) is 0 Å². The summed E-state index contributed by atoms with van der Waals surface area (Å²) in [5.74, 6) is -3.08. The molecule has 0 aliphatic carbocycles. The number of aromatic nitrogens is 1. The molecule has 1 aliphatic heterocycles. The third-order valence-corrected chi connectivity index (χ3v) is 4.85. The van der Waals surface area contributed by atoms with Crippen LogP contribution in [0.15, 0.2) is 24.4 Å². The summed E-state index contributed by atoms with van der Waals surface area (Å²) < 4.78 is 67.0. The first-order chi connectivity index (χ1) is 14.0. The summed E-state index contributed by atoms with van der Waals surface area (Å²) in [6.07, 6.45) is -4.08. The fourth-order valence-electron chi connectivity index (χ4n) is 2.78. The van der Waals surface area contributed by atoms with Gasteiger partial charge in [0.25, 0.3) is 0 Å². The van der Waals surface area contributed by atoms with Crippen molar-refractivity contribution in [2.45, 2.75) is 18.3 Å². The predicted molar refractivity (Wildman–Crippen MR) is 95.9 cm³/mol. The van der Waals surface area contributed by atoms with Crippen molar-refractivity contribution in [2.24, 2.45) is 0 Å². The van der Waals surface area contributed by atoms with E-state index in [1.54, 1.807) is 0 Å². The Morgan fingerprint density at radius 1 is 1.27 bits per heavy atom. The van der Waals surface area contributed by atoms with E-state index in [0.717, 1.165) is 24.4 Å². The van der Waals surface area contributed by atoms with E-state index in [2.05, 4.69) is 20.9 Å². The minimum Gasteiger partial charge on any atom is -0.343 e. The van der Waals surface area contributed by atoms with Gasteiger partial charge < -0.3 is 16.0 Å². The van der Waals surface area contributed by atoms with E-state index >= 15 is 0 Å². The molecule has 0 radical (unpaired) electrons. The lowest BCUT2D eigenvalue weighted by Gasteiger charge is -2.23. The molecule has 1 aromatic heterocycles. The predicted octanol–water partition coefficient (Wildman–Crippen LogP) is 3.57. The Hall–Kier alpha value is -2.66. The van der Waals surface area contributed by atoms with Crippen LogP contribution in [0.5, 0.6) is 0 Å². The van der Waals surface area contributed by atoms with E-state index in [4.69, 9.17) is 23.2 Å². The number of nitrogens with zero attached hydrogens (tertiary/aromatic N) is 1. The van der Waals surface area contributed by atoms with Gasteiger partial charge >= 0.3 is 12.2 Å². The van der Waals surface area contributed by atoms with Gasteiger partial charge in [0.05, 0.1) is 11.1 Å². The topological polar surface area (TPSA) is 83.1 Å². The quantitative estimate of drug-likeness (QED) is 0.473. The number of alkyl halides is 3. The van der Waals surface area contributed by atoms with Crippen LogP contribution in [0.4, 0.5) is 26.7 Å². The lowest BCUT2D eigenvalue weighted by atomic mass is 9.98. The minimum absolute atomic E-state index is 0.0734. The Morgan fingerprint density at radius 2 is 1.97 bits per heavy atom. The fraction of sp³-hybridized carbons (Fsp3) is 0.235. The first kappa shape index (κ1) is 22.0. The van der Waals surface area contributed by atoms with Gasteiger partial charge in [-0.3, -0.25) is 4.79 Å². The zero-order valence-electron chi connectivity index (χ0n) is 14.6. The number of carbonyl (C=O) groups is 2. The molecule has 30 heavy (non-hydrogen) atoms. The average Bonchev–Trinajstić information content (AvgIpc) is 3.10. The third-order valence-electron chi connectivity index (χ3n) is 4.22. The van der Waals surface area contributed by atoms with Crippen molar-refractivity contribution in [2.75, 3.05) is 6.54 Å². The maximum atomic E-state index is 14.6. The molecule has 1 aliphatic rings. The Balaban J connectivity index is 2.04. The summed E-state index contributed by atoms with van der Waals surface area (Å²) in [6.45, 7) is -0.0734. The van der Waals surface area contributed by atoms with E-state index < -0.39 is 57.6 Å². The monoisotopic (exact) mass is 468 g/mol. The van der Waals surface area contributed by atoms with E-state index in [9.17, 15) is 31.5 Å². The lowest BCUT2D eigenvalue weighted by Crippen LogP contribution is -2.44. The number of amides is 3. The van der Waals surface area contributed by atoms with Crippen LogP contribution in [0, 0.1) is 11.6 Å². The minimum atomic E-state index is -4.83. The van der Waals surface area contributed by atoms with Crippen molar-refractivity contribution >= 4 is 35.1 Å². The zero-order chi connectivity index (χ0) is 22.2. The molecule has 2 aromatic rings. The van der Waals surface area contributed by atoms with E-state index in [0.29, 0.717) is 0 Å². The molecule has 3 amide bonds. The van der Waals surface area contributed by atoms with Crippen molar-refractivity contribution in [3.63, 3.8) is 0 Å². The first-order valence-electron chi connectivity index (χ1n) is 8.19. The normalized spacial score (nSPS) is 17.3. The van der Waals surface area contributed by atoms with Crippen molar-refractivity contribution in [1.82, 2.24) is 20.9 Å². The molecule has 3 N–H and O–H groups in total. The van der Waals surface area contributed by atoms with Crippen molar-refractivity contribution in [1.29, 1.82) is 0 Å². The van der Waals surface area contributed by atoms with Gasteiger partial charge in [0.1, 0.15) is 22.7 Å². The number of rotatable bonds is 4. The largest absolute Gasteiger partial charge is 0.434 e. The van der Waals surface area contributed by atoms with Gasteiger partial charge in [-0.25, -0.2) is 18.6 Å². The van der Waals surface area contributed by atoms with Crippen LogP contribution < -0.4 is 16.0 Å². The van der Waals surface area contributed by atoms with E-state index in [1.165, 1.54) is 0 Å². The van der Waals surface area contributed by atoms with Crippen LogP contribution in [0.2, 0.25) is 10.0 Å². The summed E-state index contributed by atoms with van der Waals surface area (Å²) in [5.41, 5.74) is -1.84. The molecular weight excluding hydrogens is 458 g/mol. The average molecular weight is 469 g/mol. The van der Waals surface area contributed by atoms with Gasteiger partial charge in [-0.15, -0.1) is 0 Å². The molecule has 2 heterocycles. The van der Waals surface area contributed by atoms with Crippen molar-refractivity contribution in [3.05, 3.63) is 62.9 Å². The highest BCUT2D eigenvalue weighted by molar-refractivity contribution is 6.31. The second kappa shape index (κ2) is 8.23. The number of halogens is 7. The highest BCUT2D eigenvalue weighted by Crippen LogP contribution is 2.36. The van der Waals surface area contributed by atoms with Crippen LogP contribution >= 0.6 is 23.2 Å². The SMILES string of the molecule is O=C1NCC(C(=O)N[C@@H](c2cnc(C(F)(F)F)c(Cl)c2)c2ccc(F)c(Cl)c2F)N1. The maximum Gasteiger partial charge on any atom is 0.434 e. The van der Waals surface area contributed by atoms with Gasteiger partial charge in [-0.05, 0) is 17.7 Å². The molecule has 160 valence electrons. The standard InChI is InChI=1S/C17H11Cl2F5N4O2/c18-8-3-6(4-25-14(8)17(22,23)24)13(7-1-2-9(20)11(19)12(7)21)28-15(29)10-5-26-16(30)27-10/h1-4,10,13H,5H2,(H,28,29)(H2,26,27,30)/t10?,13-/m0/s1. The van der Waals surface area contributed by atoms with Gasteiger partial charge in [0, 0.05) is 18.3 Å². The van der Waals surface area contributed by atoms with Crippen molar-refractivity contribution < 1.29 is 31.5 Å². The molecular formula is C17H11Cl2F5N4O2. The molecule has 2 atom stereocenters. The van der Waals surface area contributed by atoms with Gasteiger partial charge in [0.15, 0.2) is 5.69 Å². The van der Waals surface area contributed by atoms with Crippen LogP contribution in [-0.2, 0) is 11.0 Å². The number of urea groups is 1. The van der Waals surface area contributed by atoms with Gasteiger partial charge in [-0.2, -0.15) is 13.2 Å². The summed E-state index contributed by atoms with van der Waals surface area (Å²) in [6, 6.07) is -0.416. The highest BCUT2D eigenvalue weighted by Gasteiger charge is 2.36. The summed E-state index contributed by atoms with van der Waals surface area (Å²) >= 11 is 11.3. The second-order valence-electron chi connectivity index (χ2n) is 6.21. The summed E-state index contributed by atoms with van der Waals surface area (Å²) in [4.78, 5) is 27.0. The number of hydrogen-bond donors (Lipinski definition) is 3.